The van der Waals surface area contributed by atoms with Gasteiger partial charge in [-0.3, -0.25) is 4.79 Å². The molecule has 1 aromatic carbocycles. The van der Waals surface area contributed by atoms with Gasteiger partial charge < -0.3 is 14.6 Å². The van der Waals surface area contributed by atoms with Crippen molar-refractivity contribution in [2.45, 2.75) is 19.4 Å². The lowest BCUT2D eigenvalue weighted by molar-refractivity contribution is -0.125. The summed E-state index contributed by atoms with van der Waals surface area (Å²) in [4.78, 5) is 14.5. The normalized spacial score (nSPS) is 14.9. The predicted octanol–water partition coefficient (Wildman–Crippen LogP) is 3.27. The fourth-order valence-electron chi connectivity index (χ4n) is 3.36. The highest BCUT2D eigenvalue weighted by Gasteiger charge is 2.25. The van der Waals surface area contributed by atoms with Crippen LogP contribution in [0, 0.1) is 5.92 Å². The quantitative estimate of drug-likeness (QED) is 0.754. The van der Waals surface area contributed by atoms with Gasteiger partial charge in [-0.05, 0) is 37.1 Å². The molecular formula is C21H22N4O2. The number of benzene rings is 1. The minimum Gasteiger partial charge on any atom is -0.467 e. The number of rotatable bonds is 5. The Morgan fingerprint density at radius 2 is 1.85 bits per heavy atom. The first-order valence-corrected chi connectivity index (χ1v) is 9.24. The van der Waals surface area contributed by atoms with Crippen molar-refractivity contribution in [3.8, 4) is 11.3 Å². The highest BCUT2D eigenvalue weighted by Crippen LogP contribution is 2.23. The highest BCUT2D eigenvalue weighted by molar-refractivity contribution is 5.78. The molecule has 1 aliphatic rings. The second-order valence-corrected chi connectivity index (χ2v) is 6.70. The van der Waals surface area contributed by atoms with Gasteiger partial charge in [0.2, 0.25) is 5.91 Å². The summed E-state index contributed by atoms with van der Waals surface area (Å²) in [5.74, 6) is 1.77. The van der Waals surface area contributed by atoms with Crippen molar-refractivity contribution < 1.29 is 9.21 Å². The molecule has 2 aromatic heterocycles. The van der Waals surface area contributed by atoms with Gasteiger partial charge in [0.1, 0.15) is 5.76 Å². The first-order valence-electron chi connectivity index (χ1n) is 9.24. The van der Waals surface area contributed by atoms with E-state index in [0.29, 0.717) is 6.54 Å². The lowest BCUT2D eigenvalue weighted by Gasteiger charge is -2.31. The summed E-state index contributed by atoms with van der Waals surface area (Å²) in [5.41, 5.74) is 1.93. The van der Waals surface area contributed by atoms with Crippen molar-refractivity contribution in [2.75, 3.05) is 18.0 Å². The molecule has 0 spiro atoms. The minimum absolute atomic E-state index is 0.0350. The number of hydrogen-bond acceptors (Lipinski definition) is 5. The molecule has 0 bridgehead atoms. The second-order valence-electron chi connectivity index (χ2n) is 6.70. The number of carbonyl (C=O) groups excluding carboxylic acids is 1. The van der Waals surface area contributed by atoms with E-state index in [2.05, 4.69) is 20.4 Å². The van der Waals surface area contributed by atoms with Crippen molar-refractivity contribution in [3.05, 3.63) is 66.6 Å². The van der Waals surface area contributed by atoms with Gasteiger partial charge in [-0.25, -0.2) is 0 Å². The molecule has 4 rings (SSSR count). The van der Waals surface area contributed by atoms with Crippen LogP contribution in [0.3, 0.4) is 0 Å². The lowest BCUT2D eigenvalue weighted by atomic mass is 9.96. The Morgan fingerprint density at radius 1 is 1.04 bits per heavy atom. The molecule has 3 heterocycles. The molecule has 1 fully saturated rings. The molecule has 1 aliphatic heterocycles. The van der Waals surface area contributed by atoms with E-state index >= 15 is 0 Å². The fraction of sp³-hybridized carbons (Fsp3) is 0.286. The average Bonchev–Trinajstić information content (AvgIpc) is 3.27. The van der Waals surface area contributed by atoms with Crippen LogP contribution in [0.4, 0.5) is 5.82 Å². The third kappa shape index (κ3) is 4.16. The summed E-state index contributed by atoms with van der Waals surface area (Å²) in [7, 11) is 0. The molecule has 3 aromatic rings. The van der Waals surface area contributed by atoms with Crippen LogP contribution in [0.5, 0.6) is 0 Å². The SMILES string of the molecule is O=C(NCc1ccco1)C1CCN(c2ccc(-c3ccccc3)nn2)CC1. The molecule has 1 saturated heterocycles. The zero-order chi connectivity index (χ0) is 18.5. The largest absolute Gasteiger partial charge is 0.467 e. The van der Waals surface area contributed by atoms with Crippen molar-refractivity contribution in [2.24, 2.45) is 5.92 Å². The zero-order valence-corrected chi connectivity index (χ0v) is 15.0. The van der Waals surface area contributed by atoms with E-state index in [0.717, 1.165) is 48.8 Å². The van der Waals surface area contributed by atoms with Crippen molar-refractivity contribution in [1.29, 1.82) is 0 Å². The van der Waals surface area contributed by atoms with Crippen molar-refractivity contribution in [1.82, 2.24) is 15.5 Å². The first-order chi connectivity index (χ1) is 13.3. The van der Waals surface area contributed by atoms with Gasteiger partial charge in [-0.1, -0.05) is 30.3 Å². The van der Waals surface area contributed by atoms with Crippen LogP contribution in [0.15, 0.2) is 65.3 Å². The summed E-state index contributed by atoms with van der Waals surface area (Å²) in [6, 6.07) is 17.7. The molecule has 6 heteroatoms. The molecule has 1 amide bonds. The smallest absolute Gasteiger partial charge is 0.223 e. The number of nitrogens with one attached hydrogen (secondary N) is 1. The van der Waals surface area contributed by atoms with E-state index in [-0.39, 0.29) is 11.8 Å². The molecule has 0 radical (unpaired) electrons. The van der Waals surface area contributed by atoms with Crippen molar-refractivity contribution in [3.63, 3.8) is 0 Å². The minimum atomic E-state index is 0.0350. The number of hydrogen-bond donors (Lipinski definition) is 1. The molecular weight excluding hydrogens is 340 g/mol. The summed E-state index contributed by atoms with van der Waals surface area (Å²) in [6.45, 7) is 2.05. The van der Waals surface area contributed by atoms with Crippen LogP contribution in [0.25, 0.3) is 11.3 Å². The van der Waals surface area contributed by atoms with Crippen LogP contribution in [0.2, 0.25) is 0 Å². The molecule has 27 heavy (non-hydrogen) atoms. The third-order valence-electron chi connectivity index (χ3n) is 4.93. The number of furan rings is 1. The molecule has 0 saturated carbocycles. The zero-order valence-electron chi connectivity index (χ0n) is 15.0. The highest BCUT2D eigenvalue weighted by atomic mass is 16.3. The van der Waals surface area contributed by atoms with Crippen LogP contribution in [-0.2, 0) is 11.3 Å². The molecule has 6 nitrogen and oxygen atoms in total. The van der Waals surface area contributed by atoms with Gasteiger partial charge in [0.25, 0.3) is 0 Å². The van der Waals surface area contributed by atoms with Crippen LogP contribution in [0.1, 0.15) is 18.6 Å². The maximum atomic E-state index is 12.3. The maximum Gasteiger partial charge on any atom is 0.223 e. The second kappa shape index (κ2) is 8.03. The Morgan fingerprint density at radius 3 is 2.52 bits per heavy atom. The Hall–Kier alpha value is -3.15. The Kier molecular flexibility index (Phi) is 5.14. The third-order valence-corrected chi connectivity index (χ3v) is 4.93. The Labute approximate surface area is 158 Å². The van der Waals surface area contributed by atoms with Crippen LogP contribution < -0.4 is 10.2 Å². The van der Waals surface area contributed by atoms with Gasteiger partial charge >= 0.3 is 0 Å². The Balaban J connectivity index is 1.30. The Bertz CT molecular complexity index is 855. The molecule has 1 N–H and O–H groups in total. The number of aromatic nitrogens is 2. The standard InChI is InChI=1S/C21H22N4O2/c26-21(22-15-18-7-4-14-27-18)17-10-12-25(13-11-17)20-9-8-19(23-24-20)16-5-2-1-3-6-16/h1-9,14,17H,10-13,15H2,(H,22,26). The van der Waals surface area contributed by atoms with Crippen LogP contribution in [-0.4, -0.2) is 29.2 Å². The van der Waals surface area contributed by atoms with E-state index in [4.69, 9.17) is 4.42 Å². The van der Waals surface area contributed by atoms with E-state index in [1.165, 1.54) is 0 Å². The molecule has 138 valence electrons. The topological polar surface area (TPSA) is 71.3 Å². The van der Waals surface area contributed by atoms with E-state index in [1.807, 2.05) is 54.6 Å². The molecule has 0 aliphatic carbocycles. The summed E-state index contributed by atoms with van der Waals surface area (Å²) < 4.78 is 5.25. The monoisotopic (exact) mass is 362 g/mol. The summed E-state index contributed by atoms with van der Waals surface area (Å²) in [6.07, 6.45) is 3.24. The number of carbonyl (C=O) groups is 1. The number of amides is 1. The predicted molar refractivity (Wildman–Crippen MR) is 103 cm³/mol. The van der Waals surface area contributed by atoms with Gasteiger partial charge in [0, 0.05) is 24.6 Å². The van der Waals surface area contributed by atoms with E-state index < -0.39 is 0 Å². The fourth-order valence-corrected chi connectivity index (χ4v) is 3.36. The van der Waals surface area contributed by atoms with Gasteiger partial charge in [0.15, 0.2) is 5.82 Å². The summed E-state index contributed by atoms with van der Waals surface area (Å²) >= 11 is 0. The maximum absolute atomic E-state index is 12.3. The van der Waals surface area contributed by atoms with E-state index in [9.17, 15) is 4.79 Å². The van der Waals surface area contributed by atoms with Gasteiger partial charge in [-0.2, -0.15) is 0 Å². The molecule has 0 atom stereocenters. The van der Waals surface area contributed by atoms with E-state index in [1.54, 1.807) is 6.26 Å². The van der Waals surface area contributed by atoms with Gasteiger partial charge in [-0.15, -0.1) is 10.2 Å². The molecule has 0 unspecified atom stereocenters. The number of anilines is 1. The number of piperidine rings is 1. The van der Waals surface area contributed by atoms with Gasteiger partial charge in [0.05, 0.1) is 18.5 Å². The average molecular weight is 362 g/mol. The van der Waals surface area contributed by atoms with Crippen LogP contribution >= 0.6 is 0 Å². The van der Waals surface area contributed by atoms with Crippen molar-refractivity contribution >= 4 is 11.7 Å². The summed E-state index contributed by atoms with van der Waals surface area (Å²) in [5, 5.41) is 11.7. The first kappa shape index (κ1) is 17.3. The number of nitrogens with zero attached hydrogens (tertiary/aromatic N) is 3. The lowest BCUT2D eigenvalue weighted by Crippen LogP contribution is -2.40.